The topological polar surface area (TPSA) is 105 Å². The number of aromatic nitrogens is 6. The Morgan fingerprint density at radius 1 is 1.11 bits per heavy atom. The fourth-order valence-electron chi connectivity index (χ4n) is 4.84. The number of pyridine rings is 2. The van der Waals surface area contributed by atoms with Crippen LogP contribution >= 0.6 is 0 Å². The van der Waals surface area contributed by atoms with Crippen molar-refractivity contribution in [1.29, 1.82) is 0 Å². The molecule has 0 aliphatic carbocycles. The number of hydrogen-bond donors (Lipinski definition) is 1. The lowest BCUT2D eigenvalue weighted by atomic mass is 10.0. The van der Waals surface area contributed by atoms with Gasteiger partial charge in [-0.3, -0.25) is 9.69 Å². The van der Waals surface area contributed by atoms with Crippen LogP contribution in [0.15, 0.2) is 36.7 Å². The van der Waals surface area contributed by atoms with E-state index in [0.29, 0.717) is 35.2 Å². The van der Waals surface area contributed by atoms with Crippen LogP contribution in [0, 0.1) is 12.9 Å². The van der Waals surface area contributed by atoms with Crippen LogP contribution in [0.4, 0.5) is 21.8 Å². The number of anilines is 3. The molecule has 1 amide bonds. The number of carbonyl (C=O) groups excluding carboxylic acids is 1. The summed E-state index contributed by atoms with van der Waals surface area (Å²) in [5.41, 5.74) is 2.53. The number of rotatable bonds is 6. The summed E-state index contributed by atoms with van der Waals surface area (Å²) in [5.74, 6) is 1.00. The Bertz CT molecular complexity index is 1450. The predicted octanol–water partition coefficient (Wildman–Crippen LogP) is 4.11. The van der Waals surface area contributed by atoms with Gasteiger partial charge in [-0.05, 0) is 72.0 Å². The van der Waals surface area contributed by atoms with E-state index in [1.54, 1.807) is 35.5 Å². The third-order valence-electron chi connectivity index (χ3n) is 6.58. The van der Waals surface area contributed by atoms with Gasteiger partial charge in [0.15, 0.2) is 0 Å². The van der Waals surface area contributed by atoms with Gasteiger partial charge in [-0.15, -0.1) is 0 Å². The lowest BCUT2D eigenvalue weighted by molar-refractivity contribution is -0.124. The minimum Gasteiger partial charge on any atom is -0.325 e. The van der Waals surface area contributed by atoms with Crippen molar-refractivity contribution in [3.63, 3.8) is 0 Å². The molecule has 1 N–H and O–H groups in total. The molecular formula is C26H30FN9O. The fraction of sp³-hybridized carbons (Fsp3) is 0.385. The van der Waals surface area contributed by atoms with E-state index >= 15 is 0 Å². The van der Waals surface area contributed by atoms with Gasteiger partial charge in [-0.2, -0.15) is 4.39 Å². The molecule has 1 aliphatic heterocycles. The highest BCUT2D eigenvalue weighted by Crippen LogP contribution is 2.27. The smallest absolute Gasteiger partial charge is 0.244 e. The average Bonchev–Trinajstić information content (AvgIpc) is 3.21. The van der Waals surface area contributed by atoms with Gasteiger partial charge >= 0.3 is 0 Å². The van der Waals surface area contributed by atoms with Crippen LogP contribution in [-0.4, -0.2) is 67.0 Å². The molecule has 11 heteroatoms. The van der Waals surface area contributed by atoms with E-state index in [1.165, 1.54) is 0 Å². The maximum absolute atomic E-state index is 14.8. The van der Waals surface area contributed by atoms with Gasteiger partial charge in [-0.25, -0.2) is 24.9 Å². The number of halogens is 1. The number of imidazole rings is 1. The molecule has 1 atom stereocenters. The van der Waals surface area contributed by atoms with E-state index in [1.807, 2.05) is 50.4 Å². The second-order valence-corrected chi connectivity index (χ2v) is 9.69. The van der Waals surface area contributed by atoms with Crippen LogP contribution in [0.25, 0.3) is 22.4 Å². The number of piperidine rings is 1. The Morgan fingerprint density at radius 2 is 1.92 bits per heavy atom. The summed E-state index contributed by atoms with van der Waals surface area (Å²) in [5, 5.41) is 3.08. The van der Waals surface area contributed by atoms with E-state index in [2.05, 4.69) is 30.2 Å². The highest BCUT2D eigenvalue weighted by atomic mass is 19.1. The summed E-state index contributed by atoms with van der Waals surface area (Å²) in [4.78, 5) is 38.3. The van der Waals surface area contributed by atoms with E-state index in [9.17, 15) is 9.18 Å². The lowest BCUT2D eigenvalue weighted by Crippen LogP contribution is -2.50. The number of hydrogen-bond acceptors (Lipinski definition) is 8. The van der Waals surface area contributed by atoms with Crippen molar-refractivity contribution in [2.24, 2.45) is 0 Å². The van der Waals surface area contributed by atoms with Gasteiger partial charge in [0, 0.05) is 18.8 Å². The highest BCUT2D eigenvalue weighted by Gasteiger charge is 2.31. The van der Waals surface area contributed by atoms with Crippen molar-refractivity contribution in [1.82, 2.24) is 34.4 Å². The Balaban J connectivity index is 1.38. The Kier molecular flexibility index (Phi) is 6.55. The molecule has 192 valence electrons. The standard InChI is InChI=1S/C26H30FN9O/c1-15(2)36-16(3)30-23-21(36)13-19(31-24(23)27)18-10-11-28-26(32-18)33-22-9-8-17(14-29-22)35-12-6-7-20(25(35)37)34(4)5/h8-11,13-15,20H,6-7,12H2,1-5H3,(H,28,29,32,33)/t20-/m1/s1. The van der Waals surface area contributed by atoms with Crippen LogP contribution in [0.3, 0.4) is 0 Å². The van der Waals surface area contributed by atoms with Crippen molar-refractivity contribution >= 4 is 34.4 Å². The Hall–Kier alpha value is -3.99. The Morgan fingerprint density at radius 3 is 2.62 bits per heavy atom. The molecule has 0 aromatic carbocycles. The molecule has 0 radical (unpaired) electrons. The summed E-state index contributed by atoms with van der Waals surface area (Å²) in [6.45, 7) is 6.58. The largest absolute Gasteiger partial charge is 0.325 e. The van der Waals surface area contributed by atoms with Gasteiger partial charge in [0.05, 0.1) is 34.8 Å². The Labute approximate surface area is 214 Å². The van der Waals surface area contributed by atoms with Crippen LogP contribution in [0.5, 0.6) is 0 Å². The fourth-order valence-corrected chi connectivity index (χ4v) is 4.84. The van der Waals surface area contributed by atoms with Crippen molar-refractivity contribution in [2.45, 2.75) is 45.7 Å². The molecule has 10 nitrogen and oxygen atoms in total. The maximum atomic E-state index is 14.8. The maximum Gasteiger partial charge on any atom is 0.244 e. The van der Waals surface area contributed by atoms with Crippen LogP contribution < -0.4 is 10.2 Å². The third kappa shape index (κ3) is 4.74. The molecule has 1 saturated heterocycles. The normalized spacial score (nSPS) is 16.3. The second kappa shape index (κ2) is 9.81. The molecule has 4 aromatic rings. The SMILES string of the molecule is Cc1nc2c(F)nc(-c3ccnc(Nc4ccc(N5CCC[C@@H](N(C)C)C5=O)cn4)n3)cc2n1C(C)C. The summed E-state index contributed by atoms with van der Waals surface area (Å²) in [6.07, 6.45) is 5.05. The monoisotopic (exact) mass is 503 g/mol. The summed E-state index contributed by atoms with van der Waals surface area (Å²) in [7, 11) is 3.85. The van der Waals surface area contributed by atoms with E-state index in [-0.39, 0.29) is 23.5 Å². The molecule has 0 saturated carbocycles. The third-order valence-corrected chi connectivity index (χ3v) is 6.58. The molecule has 5 heterocycles. The predicted molar refractivity (Wildman–Crippen MR) is 140 cm³/mol. The lowest BCUT2D eigenvalue weighted by Gasteiger charge is -2.35. The van der Waals surface area contributed by atoms with E-state index in [0.717, 1.165) is 24.4 Å². The van der Waals surface area contributed by atoms with Crippen LogP contribution in [0.2, 0.25) is 0 Å². The first-order valence-corrected chi connectivity index (χ1v) is 12.3. The van der Waals surface area contributed by atoms with Crippen LogP contribution in [0.1, 0.15) is 38.6 Å². The zero-order chi connectivity index (χ0) is 26.3. The van der Waals surface area contributed by atoms with Gasteiger partial charge < -0.3 is 14.8 Å². The molecule has 0 bridgehead atoms. The molecule has 5 rings (SSSR count). The van der Waals surface area contributed by atoms with Gasteiger partial charge in [0.1, 0.15) is 17.2 Å². The first kappa shape index (κ1) is 24.7. The number of likely N-dealkylation sites (N-methyl/N-ethyl adjacent to an activating group) is 1. The van der Waals surface area contributed by atoms with Crippen molar-refractivity contribution in [3.05, 3.63) is 48.4 Å². The molecule has 0 spiro atoms. The molecule has 4 aromatic heterocycles. The van der Waals surface area contributed by atoms with Gasteiger partial charge in [0.2, 0.25) is 17.8 Å². The summed E-state index contributed by atoms with van der Waals surface area (Å²) >= 11 is 0. The second-order valence-electron chi connectivity index (χ2n) is 9.69. The first-order valence-electron chi connectivity index (χ1n) is 12.3. The summed E-state index contributed by atoms with van der Waals surface area (Å²) in [6, 6.07) is 7.12. The summed E-state index contributed by atoms with van der Waals surface area (Å²) < 4.78 is 16.8. The quantitative estimate of drug-likeness (QED) is 0.392. The van der Waals surface area contributed by atoms with Gasteiger partial charge in [-0.1, -0.05) is 0 Å². The number of amides is 1. The van der Waals surface area contributed by atoms with Crippen molar-refractivity contribution in [2.75, 3.05) is 30.9 Å². The zero-order valence-corrected chi connectivity index (χ0v) is 21.6. The number of carbonyl (C=O) groups is 1. The molecule has 1 aliphatic rings. The van der Waals surface area contributed by atoms with Crippen LogP contribution in [-0.2, 0) is 4.79 Å². The number of fused-ring (bicyclic) bond motifs is 1. The van der Waals surface area contributed by atoms with Crippen molar-refractivity contribution in [3.8, 4) is 11.4 Å². The minimum atomic E-state index is -0.635. The van der Waals surface area contributed by atoms with E-state index in [4.69, 9.17) is 0 Å². The number of nitrogens with zero attached hydrogens (tertiary/aromatic N) is 8. The molecule has 0 unspecified atom stereocenters. The molecule has 37 heavy (non-hydrogen) atoms. The highest BCUT2D eigenvalue weighted by molar-refractivity contribution is 5.97. The van der Waals surface area contributed by atoms with E-state index < -0.39 is 5.95 Å². The molecular weight excluding hydrogens is 473 g/mol. The minimum absolute atomic E-state index is 0.0838. The zero-order valence-electron chi connectivity index (χ0n) is 21.6. The van der Waals surface area contributed by atoms with Crippen molar-refractivity contribution < 1.29 is 9.18 Å². The molecule has 1 fully saturated rings. The number of aryl methyl sites for hydroxylation is 1. The van der Waals surface area contributed by atoms with Gasteiger partial charge in [0.25, 0.3) is 0 Å². The number of nitrogens with one attached hydrogen (secondary N) is 1. The average molecular weight is 504 g/mol. The first-order chi connectivity index (χ1) is 17.7.